The summed E-state index contributed by atoms with van der Waals surface area (Å²) in [5.41, 5.74) is 2.03. The Morgan fingerprint density at radius 3 is 2.78 bits per heavy atom. The first-order chi connectivity index (χ1) is 8.44. The first-order valence-corrected chi connectivity index (χ1v) is 6.13. The SMILES string of the molecule is COc1ccc(C)cc1N1CC(=O)NCC1(C)C. The zero-order valence-electron chi connectivity index (χ0n) is 11.4. The third kappa shape index (κ3) is 2.28. The number of nitrogens with zero attached hydrogens (tertiary/aromatic N) is 1. The summed E-state index contributed by atoms with van der Waals surface area (Å²) < 4.78 is 5.41. The number of nitrogens with one attached hydrogen (secondary N) is 1. The van der Waals surface area contributed by atoms with E-state index in [2.05, 4.69) is 30.1 Å². The lowest BCUT2D eigenvalue weighted by Gasteiger charge is -2.44. The van der Waals surface area contributed by atoms with Crippen LogP contribution in [-0.2, 0) is 4.79 Å². The molecule has 0 atom stereocenters. The Morgan fingerprint density at radius 1 is 1.39 bits per heavy atom. The Balaban J connectivity index is 2.45. The number of amides is 1. The Kier molecular flexibility index (Phi) is 3.20. The van der Waals surface area contributed by atoms with E-state index >= 15 is 0 Å². The number of aryl methyl sites for hydroxylation is 1. The minimum absolute atomic E-state index is 0.0536. The second-order valence-corrected chi connectivity index (χ2v) is 5.35. The zero-order valence-corrected chi connectivity index (χ0v) is 11.4. The third-order valence-corrected chi connectivity index (χ3v) is 3.38. The highest BCUT2D eigenvalue weighted by atomic mass is 16.5. The molecule has 0 aromatic heterocycles. The van der Waals surface area contributed by atoms with E-state index in [4.69, 9.17) is 4.74 Å². The molecule has 1 aromatic carbocycles. The number of anilines is 1. The van der Waals surface area contributed by atoms with Gasteiger partial charge in [-0.25, -0.2) is 0 Å². The summed E-state index contributed by atoms with van der Waals surface area (Å²) in [7, 11) is 1.66. The summed E-state index contributed by atoms with van der Waals surface area (Å²) in [4.78, 5) is 13.7. The molecule has 0 spiro atoms. The number of hydrogen-bond acceptors (Lipinski definition) is 3. The van der Waals surface area contributed by atoms with E-state index in [0.717, 1.165) is 17.0 Å². The van der Waals surface area contributed by atoms with Gasteiger partial charge >= 0.3 is 0 Å². The van der Waals surface area contributed by atoms with Gasteiger partial charge in [0.05, 0.1) is 24.9 Å². The lowest BCUT2D eigenvalue weighted by Crippen LogP contribution is -2.60. The van der Waals surface area contributed by atoms with Crippen LogP contribution in [0.25, 0.3) is 0 Å². The lowest BCUT2D eigenvalue weighted by atomic mass is 9.98. The van der Waals surface area contributed by atoms with Crippen LogP contribution in [0.15, 0.2) is 18.2 Å². The lowest BCUT2D eigenvalue weighted by molar-refractivity contribution is -0.121. The van der Waals surface area contributed by atoms with Crippen molar-refractivity contribution in [3.63, 3.8) is 0 Å². The average molecular weight is 248 g/mol. The van der Waals surface area contributed by atoms with E-state index in [0.29, 0.717) is 13.1 Å². The van der Waals surface area contributed by atoms with E-state index in [9.17, 15) is 4.79 Å². The number of rotatable bonds is 2. The molecule has 0 radical (unpaired) electrons. The maximum atomic E-state index is 11.6. The summed E-state index contributed by atoms with van der Waals surface area (Å²) >= 11 is 0. The molecule has 1 aromatic rings. The molecule has 98 valence electrons. The van der Waals surface area contributed by atoms with Crippen LogP contribution in [-0.4, -0.2) is 31.6 Å². The molecule has 1 aliphatic rings. The molecule has 0 saturated carbocycles. The Morgan fingerprint density at radius 2 is 2.11 bits per heavy atom. The van der Waals surface area contributed by atoms with Gasteiger partial charge in [-0.3, -0.25) is 4.79 Å². The standard InChI is InChI=1S/C14H20N2O2/c1-10-5-6-12(18-4)11(7-10)16-8-13(17)15-9-14(16,2)3/h5-7H,8-9H2,1-4H3,(H,15,17). The molecule has 1 heterocycles. The Labute approximate surface area is 108 Å². The van der Waals surface area contributed by atoms with Crippen LogP contribution in [0.2, 0.25) is 0 Å². The van der Waals surface area contributed by atoms with Gasteiger partial charge in [-0.1, -0.05) is 6.07 Å². The molecule has 1 amide bonds. The molecule has 0 bridgehead atoms. The van der Waals surface area contributed by atoms with E-state index in [-0.39, 0.29) is 11.4 Å². The minimum Gasteiger partial charge on any atom is -0.495 e. The van der Waals surface area contributed by atoms with Gasteiger partial charge in [-0.2, -0.15) is 0 Å². The van der Waals surface area contributed by atoms with Gasteiger partial charge < -0.3 is 15.0 Å². The van der Waals surface area contributed by atoms with Crippen LogP contribution in [0.1, 0.15) is 19.4 Å². The highest BCUT2D eigenvalue weighted by molar-refractivity contribution is 5.84. The Hall–Kier alpha value is -1.71. The minimum atomic E-state index is -0.116. The van der Waals surface area contributed by atoms with Crippen molar-refractivity contribution in [2.75, 3.05) is 25.1 Å². The molecule has 4 heteroatoms. The van der Waals surface area contributed by atoms with Crippen LogP contribution in [0, 0.1) is 6.92 Å². The van der Waals surface area contributed by atoms with E-state index in [1.807, 2.05) is 19.1 Å². The van der Waals surface area contributed by atoms with Crippen molar-refractivity contribution in [3.05, 3.63) is 23.8 Å². The van der Waals surface area contributed by atoms with Crippen LogP contribution >= 0.6 is 0 Å². The molecule has 1 aliphatic heterocycles. The predicted octanol–water partition coefficient (Wildman–Crippen LogP) is 1.72. The predicted molar refractivity (Wildman–Crippen MR) is 72.2 cm³/mol. The van der Waals surface area contributed by atoms with Crippen molar-refractivity contribution < 1.29 is 9.53 Å². The third-order valence-electron chi connectivity index (χ3n) is 3.38. The maximum Gasteiger partial charge on any atom is 0.239 e. The fraction of sp³-hybridized carbons (Fsp3) is 0.500. The molecule has 1 saturated heterocycles. The van der Waals surface area contributed by atoms with Crippen LogP contribution in [0.4, 0.5) is 5.69 Å². The normalized spacial score (nSPS) is 18.4. The summed E-state index contributed by atoms with van der Waals surface area (Å²) in [5.74, 6) is 0.862. The largest absolute Gasteiger partial charge is 0.495 e. The number of hydrogen-bond donors (Lipinski definition) is 1. The molecule has 0 unspecified atom stereocenters. The molecule has 1 N–H and O–H groups in total. The van der Waals surface area contributed by atoms with Crippen molar-refractivity contribution in [1.82, 2.24) is 5.32 Å². The number of piperazine rings is 1. The number of methoxy groups -OCH3 is 1. The Bertz CT molecular complexity index is 469. The smallest absolute Gasteiger partial charge is 0.239 e. The van der Waals surface area contributed by atoms with Crippen molar-refractivity contribution in [3.8, 4) is 5.75 Å². The van der Waals surface area contributed by atoms with E-state index < -0.39 is 0 Å². The summed E-state index contributed by atoms with van der Waals surface area (Å²) in [6, 6.07) is 6.03. The second-order valence-electron chi connectivity index (χ2n) is 5.35. The summed E-state index contributed by atoms with van der Waals surface area (Å²) in [5, 5.41) is 2.90. The van der Waals surface area contributed by atoms with E-state index in [1.54, 1.807) is 7.11 Å². The van der Waals surface area contributed by atoms with Gasteiger partial charge in [-0.05, 0) is 38.5 Å². The molecule has 2 rings (SSSR count). The highest BCUT2D eigenvalue weighted by Gasteiger charge is 2.34. The number of carbonyl (C=O) groups is 1. The molecule has 0 aliphatic carbocycles. The molecular formula is C14H20N2O2. The van der Waals surface area contributed by atoms with Gasteiger partial charge in [0, 0.05) is 6.54 Å². The van der Waals surface area contributed by atoms with Gasteiger partial charge in [0.15, 0.2) is 0 Å². The zero-order chi connectivity index (χ0) is 13.3. The van der Waals surface area contributed by atoms with E-state index in [1.165, 1.54) is 0 Å². The fourth-order valence-corrected chi connectivity index (χ4v) is 2.25. The van der Waals surface area contributed by atoms with Gasteiger partial charge in [0.2, 0.25) is 5.91 Å². The van der Waals surface area contributed by atoms with Gasteiger partial charge in [-0.15, -0.1) is 0 Å². The van der Waals surface area contributed by atoms with Crippen molar-refractivity contribution in [1.29, 1.82) is 0 Å². The number of ether oxygens (including phenoxy) is 1. The molecule has 1 fully saturated rings. The van der Waals surface area contributed by atoms with Crippen molar-refractivity contribution in [2.24, 2.45) is 0 Å². The first kappa shape index (κ1) is 12.7. The molecule has 18 heavy (non-hydrogen) atoms. The quantitative estimate of drug-likeness (QED) is 0.866. The topological polar surface area (TPSA) is 41.6 Å². The fourth-order valence-electron chi connectivity index (χ4n) is 2.25. The van der Waals surface area contributed by atoms with Crippen LogP contribution in [0.5, 0.6) is 5.75 Å². The monoisotopic (exact) mass is 248 g/mol. The summed E-state index contributed by atoms with van der Waals surface area (Å²) in [6.45, 7) is 7.29. The van der Waals surface area contributed by atoms with Crippen molar-refractivity contribution >= 4 is 11.6 Å². The molecule has 4 nitrogen and oxygen atoms in total. The van der Waals surface area contributed by atoms with Gasteiger partial charge in [0.25, 0.3) is 0 Å². The van der Waals surface area contributed by atoms with Crippen LogP contribution in [0.3, 0.4) is 0 Å². The average Bonchev–Trinajstić information content (AvgIpc) is 2.32. The van der Waals surface area contributed by atoms with Gasteiger partial charge in [0.1, 0.15) is 5.75 Å². The van der Waals surface area contributed by atoms with Crippen molar-refractivity contribution in [2.45, 2.75) is 26.3 Å². The maximum absolute atomic E-state index is 11.6. The number of benzene rings is 1. The molecular weight excluding hydrogens is 228 g/mol. The van der Waals surface area contributed by atoms with Crippen LogP contribution < -0.4 is 15.0 Å². The number of carbonyl (C=O) groups excluding carboxylic acids is 1. The first-order valence-electron chi connectivity index (χ1n) is 6.13. The second kappa shape index (κ2) is 4.52. The highest BCUT2D eigenvalue weighted by Crippen LogP contribution is 2.34. The summed E-state index contributed by atoms with van der Waals surface area (Å²) in [6.07, 6.45) is 0.